The van der Waals surface area contributed by atoms with Crippen molar-refractivity contribution in [3.05, 3.63) is 77.0 Å². The summed E-state index contributed by atoms with van der Waals surface area (Å²) in [5.74, 6) is -0.540. The number of para-hydroxylation sites is 1. The molecule has 0 saturated heterocycles. The maximum atomic E-state index is 12.9. The minimum atomic E-state index is -4.49. The number of hydrogen-bond acceptors (Lipinski definition) is 3. The summed E-state index contributed by atoms with van der Waals surface area (Å²) in [6, 6.07) is 14.0. The molecule has 0 radical (unpaired) electrons. The van der Waals surface area contributed by atoms with E-state index in [2.05, 4.69) is 15.5 Å². The number of hydrazone groups is 1. The average Bonchev–Trinajstić information content (AvgIpc) is 2.60. The van der Waals surface area contributed by atoms with Gasteiger partial charge in [0.25, 0.3) is 5.91 Å². The van der Waals surface area contributed by atoms with Gasteiger partial charge in [0.15, 0.2) is 0 Å². The Bertz CT molecular complexity index is 997. The van der Waals surface area contributed by atoms with Crippen LogP contribution in [-0.4, -0.2) is 17.1 Å². The van der Waals surface area contributed by atoms with Crippen molar-refractivity contribution < 1.29 is 18.0 Å². The van der Waals surface area contributed by atoms with Gasteiger partial charge in [-0.25, -0.2) is 5.43 Å². The molecule has 0 unspecified atom stereocenters. The number of pyridine rings is 1. The van der Waals surface area contributed by atoms with Crippen molar-refractivity contribution in [2.75, 3.05) is 0 Å². The van der Waals surface area contributed by atoms with Gasteiger partial charge in [-0.05, 0) is 25.1 Å². The van der Waals surface area contributed by atoms with Crippen molar-refractivity contribution in [2.24, 2.45) is 5.10 Å². The highest BCUT2D eigenvalue weighted by Gasteiger charge is 2.32. The van der Waals surface area contributed by atoms with E-state index in [1.807, 2.05) is 24.3 Å². The number of aryl methyl sites for hydroxylation is 1. The van der Waals surface area contributed by atoms with E-state index in [1.165, 1.54) is 18.2 Å². The van der Waals surface area contributed by atoms with E-state index >= 15 is 0 Å². The van der Waals surface area contributed by atoms with Crippen LogP contribution in [-0.2, 0) is 6.18 Å². The maximum Gasteiger partial charge on any atom is 0.417 e. The van der Waals surface area contributed by atoms with Gasteiger partial charge in [0, 0.05) is 10.9 Å². The Hall–Kier alpha value is -3.22. The van der Waals surface area contributed by atoms with Crippen LogP contribution in [0.3, 0.4) is 0 Å². The van der Waals surface area contributed by atoms with Crippen LogP contribution in [0.1, 0.15) is 27.2 Å². The van der Waals surface area contributed by atoms with Gasteiger partial charge in [-0.15, -0.1) is 0 Å². The zero-order chi connectivity index (χ0) is 18.7. The molecule has 0 spiro atoms. The lowest BCUT2D eigenvalue weighted by molar-refractivity contribution is -0.137. The Morgan fingerprint density at radius 1 is 1.12 bits per heavy atom. The predicted octanol–water partition coefficient (Wildman–Crippen LogP) is 4.33. The van der Waals surface area contributed by atoms with E-state index in [0.717, 1.165) is 23.2 Å². The van der Waals surface area contributed by atoms with E-state index in [4.69, 9.17) is 0 Å². The first kappa shape index (κ1) is 17.6. The normalized spacial score (nSPS) is 11.8. The molecule has 132 valence electrons. The number of carbonyl (C=O) groups is 1. The lowest BCUT2D eigenvalue weighted by atomic mass is 10.1. The lowest BCUT2D eigenvalue weighted by Gasteiger charge is -2.09. The molecule has 3 rings (SSSR count). The van der Waals surface area contributed by atoms with E-state index < -0.39 is 17.6 Å². The number of nitrogens with one attached hydrogen (secondary N) is 1. The minimum Gasteiger partial charge on any atom is -0.267 e. The summed E-state index contributed by atoms with van der Waals surface area (Å²) in [4.78, 5) is 16.6. The third-order valence-corrected chi connectivity index (χ3v) is 3.80. The number of aromatic nitrogens is 1. The maximum absolute atomic E-state index is 12.9. The van der Waals surface area contributed by atoms with Gasteiger partial charge in [-0.2, -0.15) is 18.3 Å². The number of amides is 1. The van der Waals surface area contributed by atoms with Crippen LogP contribution in [0.15, 0.2) is 59.7 Å². The molecule has 0 bridgehead atoms. The predicted molar refractivity (Wildman–Crippen MR) is 93.0 cm³/mol. The Labute approximate surface area is 147 Å². The molecule has 0 atom stereocenters. The van der Waals surface area contributed by atoms with Gasteiger partial charge in [-0.3, -0.25) is 9.78 Å². The molecule has 1 aromatic heterocycles. The third-order valence-electron chi connectivity index (χ3n) is 3.80. The molecular weight excluding hydrogens is 343 g/mol. The monoisotopic (exact) mass is 357 g/mol. The standard InChI is InChI=1S/C19H14F3N3O/c1-12-15(10-13-6-3-5-9-17(13)24-12)18(26)25-23-11-14-7-2-4-8-16(14)19(20,21)22/h2-11H,1H3,(H,25,26)/b23-11+. The smallest absolute Gasteiger partial charge is 0.267 e. The lowest BCUT2D eigenvalue weighted by Crippen LogP contribution is -2.19. The van der Waals surface area contributed by atoms with Gasteiger partial charge >= 0.3 is 6.18 Å². The van der Waals surface area contributed by atoms with Crippen molar-refractivity contribution in [3.63, 3.8) is 0 Å². The van der Waals surface area contributed by atoms with E-state index in [9.17, 15) is 18.0 Å². The molecule has 0 aliphatic rings. The summed E-state index contributed by atoms with van der Waals surface area (Å²) in [6.07, 6.45) is -3.52. The molecule has 0 aliphatic carbocycles. The van der Waals surface area contributed by atoms with Crippen LogP contribution in [0.25, 0.3) is 10.9 Å². The van der Waals surface area contributed by atoms with Crippen LogP contribution < -0.4 is 5.43 Å². The van der Waals surface area contributed by atoms with Crippen LogP contribution in [0, 0.1) is 6.92 Å². The highest BCUT2D eigenvalue weighted by molar-refractivity contribution is 5.99. The number of benzene rings is 2. The fraction of sp³-hybridized carbons (Fsp3) is 0.105. The summed E-state index contributed by atoms with van der Waals surface area (Å²) in [5, 5.41) is 4.45. The first-order valence-corrected chi connectivity index (χ1v) is 7.72. The summed E-state index contributed by atoms with van der Waals surface area (Å²) in [5.41, 5.74) is 2.88. The number of alkyl halides is 3. The van der Waals surface area contributed by atoms with Gasteiger partial charge in [0.05, 0.1) is 28.6 Å². The number of carbonyl (C=O) groups excluding carboxylic acids is 1. The zero-order valence-corrected chi connectivity index (χ0v) is 13.7. The van der Waals surface area contributed by atoms with Crippen molar-refractivity contribution in [1.82, 2.24) is 10.4 Å². The number of rotatable bonds is 3. The molecule has 0 saturated carbocycles. The zero-order valence-electron chi connectivity index (χ0n) is 13.7. The largest absolute Gasteiger partial charge is 0.417 e. The summed E-state index contributed by atoms with van der Waals surface area (Å²) < 4.78 is 38.8. The van der Waals surface area contributed by atoms with Crippen LogP contribution in [0.5, 0.6) is 0 Å². The Balaban J connectivity index is 1.82. The molecule has 7 heteroatoms. The highest BCUT2D eigenvalue weighted by atomic mass is 19.4. The molecular formula is C19H14F3N3O. The Morgan fingerprint density at radius 2 is 1.81 bits per heavy atom. The number of nitrogens with zero attached hydrogens (tertiary/aromatic N) is 2. The molecule has 0 aliphatic heterocycles. The SMILES string of the molecule is Cc1nc2ccccc2cc1C(=O)N/N=C/c1ccccc1C(F)(F)F. The summed E-state index contributed by atoms with van der Waals surface area (Å²) in [7, 11) is 0. The van der Waals surface area contributed by atoms with Crippen LogP contribution in [0.2, 0.25) is 0 Å². The van der Waals surface area contributed by atoms with E-state index in [-0.39, 0.29) is 5.56 Å². The quantitative estimate of drug-likeness (QED) is 0.560. The minimum absolute atomic E-state index is 0.131. The van der Waals surface area contributed by atoms with Gasteiger partial charge in [0.2, 0.25) is 0 Å². The second-order valence-corrected chi connectivity index (χ2v) is 5.60. The second kappa shape index (κ2) is 6.95. The van der Waals surface area contributed by atoms with Gasteiger partial charge in [-0.1, -0.05) is 36.4 Å². The fourth-order valence-corrected chi connectivity index (χ4v) is 2.53. The van der Waals surface area contributed by atoms with Gasteiger partial charge in [0.1, 0.15) is 0 Å². The average molecular weight is 357 g/mol. The van der Waals surface area contributed by atoms with Crippen molar-refractivity contribution >= 4 is 23.0 Å². The molecule has 1 N–H and O–H groups in total. The Kier molecular flexibility index (Phi) is 4.71. The van der Waals surface area contributed by atoms with Crippen LogP contribution in [0.4, 0.5) is 13.2 Å². The van der Waals surface area contributed by atoms with Crippen molar-refractivity contribution in [3.8, 4) is 0 Å². The first-order chi connectivity index (χ1) is 12.4. The molecule has 2 aromatic carbocycles. The molecule has 4 nitrogen and oxygen atoms in total. The number of fused-ring (bicyclic) bond motifs is 1. The molecule has 1 amide bonds. The van der Waals surface area contributed by atoms with Gasteiger partial charge < -0.3 is 0 Å². The molecule has 1 heterocycles. The first-order valence-electron chi connectivity index (χ1n) is 7.72. The van der Waals surface area contributed by atoms with Crippen molar-refractivity contribution in [1.29, 1.82) is 0 Å². The van der Waals surface area contributed by atoms with E-state index in [0.29, 0.717) is 11.3 Å². The van der Waals surface area contributed by atoms with Crippen molar-refractivity contribution in [2.45, 2.75) is 13.1 Å². The third kappa shape index (κ3) is 3.72. The topological polar surface area (TPSA) is 54.4 Å². The Morgan fingerprint density at radius 3 is 2.58 bits per heavy atom. The summed E-state index contributed by atoms with van der Waals surface area (Å²) >= 11 is 0. The fourth-order valence-electron chi connectivity index (χ4n) is 2.53. The van der Waals surface area contributed by atoms with Crippen LogP contribution >= 0.6 is 0 Å². The number of hydrogen-bond donors (Lipinski definition) is 1. The second-order valence-electron chi connectivity index (χ2n) is 5.60. The highest BCUT2D eigenvalue weighted by Crippen LogP contribution is 2.31. The molecule has 0 fully saturated rings. The molecule has 26 heavy (non-hydrogen) atoms. The number of halogens is 3. The molecule has 3 aromatic rings. The summed E-state index contributed by atoms with van der Waals surface area (Å²) in [6.45, 7) is 1.68. The van der Waals surface area contributed by atoms with E-state index in [1.54, 1.807) is 13.0 Å².